The van der Waals surface area contributed by atoms with Crippen molar-refractivity contribution in [1.82, 2.24) is 16.0 Å². The van der Waals surface area contributed by atoms with Crippen molar-refractivity contribution in [2.45, 2.75) is 108 Å². The maximum absolute atomic E-state index is 14.4. The number of aliphatic carboxylic acids is 1. The van der Waals surface area contributed by atoms with Gasteiger partial charge in [-0.15, -0.1) is 0 Å². The van der Waals surface area contributed by atoms with E-state index in [4.69, 9.17) is 16.3 Å². The van der Waals surface area contributed by atoms with E-state index in [-0.39, 0.29) is 18.2 Å². The van der Waals surface area contributed by atoms with Crippen LogP contribution in [0.1, 0.15) is 96.3 Å². The van der Waals surface area contributed by atoms with Gasteiger partial charge in [-0.2, -0.15) is 0 Å². The van der Waals surface area contributed by atoms with E-state index in [1.165, 1.54) is 18.2 Å². The quantitative estimate of drug-likeness (QED) is 0.208. The first kappa shape index (κ1) is 35.2. The van der Waals surface area contributed by atoms with Gasteiger partial charge in [0.1, 0.15) is 24.0 Å². The van der Waals surface area contributed by atoms with Gasteiger partial charge in [-0.25, -0.2) is 14.0 Å². The molecule has 2 fully saturated rings. The maximum Gasteiger partial charge on any atom is 0.408 e. The van der Waals surface area contributed by atoms with Crippen molar-refractivity contribution in [1.29, 1.82) is 0 Å². The number of carbonyl (C=O) groups is 4. The van der Waals surface area contributed by atoms with Crippen LogP contribution in [-0.2, 0) is 24.5 Å². The molecule has 4 N–H and O–H groups in total. The van der Waals surface area contributed by atoms with E-state index < -0.39 is 58.8 Å². The molecule has 1 aliphatic carbocycles. The monoisotopic (exact) mass is 657 g/mol. The van der Waals surface area contributed by atoms with Gasteiger partial charge in [0.25, 0.3) is 0 Å². The Kier molecular flexibility index (Phi) is 11.4. The minimum absolute atomic E-state index is 0.0770. The van der Waals surface area contributed by atoms with Crippen molar-refractivity contribution in [3.05, 3.63) is 70.5 Å². The molecule has 2 aromatic rings. The molecule has 0 aromatic heterocycles. The lowest BCUT2D eigenvalue weighted by atomic mass is 9.76. The number of alkyl carbamates (subject to hydrolysis) is 1. The Balaban J connectivity index is 1.56. The van der Waals surface area contributed by atoms with Crippen molar-refractivity contribution in [2.75, 3.05) is 0 Å². The van der Waals surface area contributed by atoms with Gasteiger partial charge in [-0.05, 0) is 74.4 Å². The zero-order valence-corrected chi connectivity index (χ0v) is 27.7. The largest absolute Gasteiger partial charge is 0.480 e. The lowest BCUT2D eigenvalue weighted by Crippen LogP contribution is -2.53. The normalized spacial score (nSPS) is 20.2. The lowest BCUT2D eigenvalue weighted by Gasteiger charge is -2.35. The Morgan fingerprint density at radius 1 is 1.04 bits per heavy atom. The summed E-state index contributed by atoms with van der Waals surface area (Å²) in [6.07, 6.45) is 3.65. The van der Waals surface area contributed by atoms with Gasteiger partial charge < -0.3 is 25.8 Å². The SMILES string of the molecule is CC1(C)CC(CC(NC(=O)C(CC2CCCCC2)NC(=O)OC(c2cccc(F)c2)C(C)(C)c2cccc(Cl)c2)C(=O)O)C(=O)N1. The number of halogens is 2. The highest BCUT2D eigenvalue weighted by Crippen LogP contribution is 2.41. The highest BCUT2D eigenvalue weighted by atomic mass is 35.5. The summed E-state index contributed by atoms with van der Waals surface area (Å²) in [7, 11) is 0. The fourth-order valence-electron chi connectivity index (χ4n) is 6.78. The van der Waals surface area contributed by atoms with Gasteiger partial charge in [-0.1, -0.05) is 81.8 Å². The van der Waals surface area contributed by atoms with Gasteiger partial charge >= 0.3 is 12.1 Å². The molecule has 1 saturated heterocycles. The fourth-order valence-corrected chi connectivity index (χ4v) is 6.97. The molecule has 11 heteroatoms. The van der Waals surface area contributed by atoms with Crippen LogP contribution in [0.4, 0.5) is 9.18 Å². The second kappa shape index (κ2) is 14.8. The Morgan fingerprint density at radius 2 is 1.74 bits per heavy atom. The number of hydrogen-bond acceptors (Lipinski definition) is 5. The number of hydrogen-bond donors (Lipinski definition) is 4. The molecule has 3 amide bonds. The van der Waals surface area contributed by atoms with Crippen LogP contribution in [0.25, 0.3) is 0 Å². The van der Waals surface area contributed by atoms with Crippen LogP contribution in [0.5, 0.6) is 0 Å². The number of carbonyl (C=O) groups excluding carboxylic acids is 3. The molecular weight excluding hydrogens is 613 g/mol. The summed E-state index contributed by atoms with van der Waals surface area (Å²) in [5.74, 6) is -3.11. The second-order valence-corrected chi connectivity index (χ2v) is 14.4. The molecule has 1 saturated carbocycles. The summed E-state index contributed by atoms with van der Waals surface area (Å²) in [6, 6.07) is 10.5. The first-order valence-electron chi connectivity index (χ1n) is 16.0. The van der Waals surface area contributed by atoms with Crippen molar-refractivity contribution in [2.24, 2.45) is 11.8 Å². The van der Waals surface area contributed by atoms with Crippen LogP contribution in [0, 0.1) is 17.7 Å². The van der Waals surface area contributed by atoms with E-state index >= 15 is 0 Å². The van der Waals surface area contributed by atoms with Crippen molar-refractivity contribution < 1.29 is 33.4 Å². The standard InChI is InChI=1S/C35H45ClFN3O6/c1-34(2)20-23(30(41)40-34)18-28(32(43)44)38-31(42)27(16-21-10-6-5-7-11-21)39-33(45)46-29(22-12-8-15-26(37)17-22)35(3,4)24-13-9-14-25(36)19-24/h8-9,12-15,17,19,21,23,27-29H,5-7,10-11,16,18,20H2,1-4H3,(H,38,42)(H,39,45)(H,40,41)(H,43,44). The predicted octanol–water partition coefficient (Wildman–Crippen LogP) is 6.44. The molecule has 0 bridgehead atoms. The van der Waals surface area contributed by atoms with Gasteiger partial charge in [0.15, 0.2) is 0 Å². The van der Waals surface area contributed by atoms with Crippen molar-refractivity contribution in [3.63, 3.8) is 0 Å². The molecule has 1 heterocycles. The van der Waals surface area contributed by atoms with Gasteiger partial charge in [0, 0.05) is 21.9 Å². The second-order valence-electron chi connectivity index (χ2n) is 13.9. The highest BCUT2D eigenvalue weighted by Gasteiger charge is 2.41. The first-order valence-corrected chi connectivity index (χ1v) is 16.4. The van der Waals surface area contributed by atoms with E-state index in [2.05, 4.69) is 16.0 Å². The molecule has 0 spiro atoms. The number of nitrogens with one attached hydrogen (secondary N) is 3. The molecule has 2 aromatic carbocycles. The minimum atomic E-state index is -1.33. The average Bonchev–Trinajstić information content (AvgIpc) is 3.25. The number of amides is 3. The van der Waals surface area contributed by atoms with Crippen LogP contribution >= 0.6 is 11.6 Å². The molecular formula is C35H45ClFN3O6. The Labute approximate surface area is 275 Å². The number of rotatable bonds is 12. The Hall–Kier alpha value is -3.66. The molecule has 1 aliphatic heterocycles. The smallest absolute Gasteiger partial charge is 0.408 e. The molecule has 2 aliphatic rings. The van der Waals surface area contributed by atoms with Crippen LogP contribution < -0.4 is 16.0 Å². The third-order valence-corrected chi connectivity index (χ3v) is 9.46. The zero-order chi connectivity index (χ0) is 33.6. The van der Waals surface area contributed by atoms with Crippen LogP contribution in [0.3, 0.4) is 0 Å². The lowest BCUT2D eigenvalue weighted by molar-refractivity contribution is -0.143. The van der Waals surface area contributed by atoms with Crippen molar-refractivity contribution >= 4 is 35.5 Å². The molecule has 46 heavy (non-hydrogen) atoms. The van der Waals surface area contributed by atoms with Crippen LogP contribution in [0.2, 0.25) is 5.02 Å². The summed E-state index contributed by atoms with van der Waals surface area (Å²) in [4.78, 5) is 52.0. The topological polar surface area (TPSA) is 134 Å². The molecule has 4 unspecified atom stereocenters. The Morgan fingerprint density at radius 3 is 2.35 bits per heavy atom. The van der Waals surface area contributed by atoms with Crippen LogP contribution in [-0.4, -0.2) is 46.6 Å². The third kappa shape index (κ3) is 9.21. The van der Waals surface area contributed by atoms with E-state index in [1.54, 1.807) is 24.3 Å². The summed E-state index contributed by atoms with van der Waals surface area (Å²) in [5.41, 5.74) is -0.179. The summed E-state index contributed by atoms with van der Waals surface area (Å²) >= 11 is 6.28. The van der Waals surface area contributed by atoms with E-state index in [0.717, 1.165) is 37.7 Å². The number of benzene rings is 2. The molecule has 0 radical (unpaired) electrons. The average molecular weight is 658 g/mol. The summed E-state index contributed by atoms with van der Waals surface area (Å²) in [6.45, 7) is 7.43. The van der Waals surface area contributed by atoms with E-state index in [1.807, 2.05) is 33.8 Å². The molecule has 4 rings (SSSR count). The van der Waals surface area contributed by atoms with E-state index in [9.17, 15) is 28.7 Å². The minimum Gasteiger partial charge on any atom is -0.480 e. The third-order valence-electron chi connectivity index (χ3n) is 9.23. The number of carboxylic acids is 1. The fraction of sp³-hybridized carbons (Fsp3) is 0.543. The predicted molar refractivity (Wildman–Crippen MR) is 173 cm³/mol. The molecule has 4 atom stereocenters. The zero-order valence-electron chi connectivity index (χ0n) is 26.9. The van der Waals surface area contributed by atoms with Gasteiger partial charge in [0.05, 0.1) is 0 Å². The Bertz CT molecular complexity index is 1430. The highest BCUT2D eigenvalue weighted by molar-refractivity contribution is 6.30. The summed E-state index contributed by atoms with van der Waals surface area (Å²) in [5, 5.41) is 18.6. The first-order chi connectivity index (χ1) is 21.6. The van der Waals surface area contributed by atoms with Gasteiger partial charge in [-0.3, -0.25) is 9.59 Å². The summed E-state index contributed by atoms with van der Waals surface area (Å²) < 4.78 is 20.4. The number of ether oxygens (including phenoxy) is 1. The number of carboxylic acid groups (broad SMARTS) is 1. The van der Waals surface area contributed by atoms with Crippen LogP contribution in [0.15, 0.2) is 48.5 Å². The molecule has 250 valence electrons. The molecule has 9 nitrogen and oxygen atoms in total. The van der Waals surface area contributed by atoms with Crippen molar-refractivity contribution in [3.8, 4) is 0 Å². The van der Waals surface area contributed by atoms with E-state index in [0.29, 0.717) is 23.4 Å². The maximum atomic E-state index is 14.4. The van der Waals surface area contributed by atoms with Gasteiger partial charge in [0.2, 0.25) is 11.8 Å².